The summed E-state index contributed by atoms with van der Waals surface area (Å²) in [5.41, 5.74) is 6.88. The average molecular weight is 341 g/mol. The molecule has 0 aliphatic carbocycles. The van der Waals surface area contributed by atoms with Gasteiger partial charge in [-0.25, -0.2) is 18.4 Å². The van der Waals surface area contributed by atoms with Gasteiger partial charge in [0.2, 0.25) is 16.0 Å². The summed E-state index contributed by atoms with van der Waals surface area (Å²) in [6.45, 7) is 0.327. The lowest BCUT2D eigenvalue weighted by atomic mass is 10.3. The second kappa shape index (κ2) is 5.38. The van der Waals surface area contributed by atoms with E-state index < -0.39 is 10.0 Å². The van der Waals surface area contributed by atoms with E-state index >= 15 is 0 Å². The molecule has 1 aliphatic rings. The van der Waals surface area contributed by atoms with Crippen molar-refractivity contribution in [2.75, 3.05) is 12.8 Å². The molecule has 2 N–H and O–H groups in total. The number of methoxy groups -OCH3 is 1. The number of hydrogen-bond donors (Lipinski definition) is 1. The monoisotopic (exact) mass is 340 g/mol. The topological polar surface area (TPSA) is 98.4 Å². The normalized spacial score (nSPS) is 14.8. The third-order valence-corrected chi connectivity index (χ3v) is 5.44. The number of fused-ring (bicyclic) bond motifs is 1. The average Bonchev–Trinajstić information content (AvgIpc) is 2.91. The van der Waals surface area contributed by atoms with Crippen LogP contribution in [0.1, 0.15) is 11.3 Å². The fourth-order valence-corrected chi connectivity index (χ4v) is 4.10. The minimum Gasteiger partial charge on any atom is -0.495 e. The zero-order chi connectivity index (χ0) is 15.9. The fraction of sp³-hybridized carbons (Fsp3) is 0.231. The second-order valence-corrected chi connectivity index (χ2v) is 7.11. The Morgan fingerprint density at radius 2 is 2.14 bits per heavy atom. The SMILES string of the molecule is COc1ccc(Cl)cc1S(=O)(=O)N1Cc2cnc(N)nc2C1. The first kappa shape index (κ1) is 15.0. The summed E-state index contributed by atoms with van der Waals surface area (Å²) >= 11 is 5.92. The summed E-state index contributed by atoms with van der Waals surface area (Å²) < 4.78 is 32.1. The van der Waals surface area contributed by atoms with Crippen molar-refractivity contribution in [1.82, 2.24) is 14.3 Å². The number of anilines is 1. The van der Waals surface area contributed by atoms with E-state index in [4.69, 9.17) is 22.1 Å². The summed E-state index contributed by atoms with van der Waals surface area (Å²) in [5.74, 6) is 0.365. The highest BCUT2D eigenvalue weighted by molar-refractivity contribution is 7.89. The fourth-order valence-electron chi connectivity index (χ4n) is 2.30. The maximum Gasteiger partial charge on any atom is 0.247 e. The van der Waals surface area contributed by atoms with E-state index in [1.807, 2.05) is 0 Å². The van der Waals surface area contributed by atoms with Crippen molar-refractivity contribution in [2.24, 2.45) is 0 Å². The standard InChI is InChI=1S/C13H13ClN4O3S/c1-21-11-3-2-9(14)4-12(11)22(19,20)18-6-8-5-16-13(15)17-10(8)7-18/h2-5H,6-7H2,1H3,(H2,15,16,17). The van der Waals surface area contributed by atoms with Gasteiger partial charge in [-0.3, -0.25) is 0 Å². The van der Waals surface area contributed by atoms with E-state index in [1.165, 1.54) is 23.5 Å². The first-order chi connectivity index (χ1) is 10.4. The van der Waals surface area contributed by atoms with E-state index in [9.17, 15) is 8.42 Å². The van der Waals surface area contributed by atoms with Gasteiger partial charge >= 0.3 is 0 Å². The van der Waals surface area contributed by atoms with Gasteiger partial charge in [-0.2, -0.15) is 4.31 Å². The molecule has 3 rings (SSSR count). The molecule has 0 fully saturated rings. The van der Waals surface area contributed by atoms with Gasteiger partial charge in [0.05, 0.1) is 19.3 Å². The molecule has 22 heavy (non-hydrogen) atoms. The Morgan fingerprint density at radius 3 is 2.86 bits per heavy atom. The Labute approximate surface area is 132 Å². The zero-order valence-corrected chi connectivity index (χ0v) is 13.2. The largest absolute Gasteiger partial charge is 0.495 e. The van der Waals surface area contributed by atoms with Crippen LogP contribution in [0, 0.1) is 0 Å². The highest BCUT2D eigenvalue weighted by Crippen LogP contribution is 2.33. The molecule has 0 saturated carbocycles. The number of rotatable bonds is 3. The smallest absolute Gasteiger partial charge is 0.247 e. The van der Waals surface area contributed by atoms with Gasteiger partial charge in [0, 0.05) is 23.3 Å². The summed E-state index contributed by atoms with van der Waals surface area (Å²) in [6, 6.07) is 4.47. The van der Waals surface area contributed by atoms with Crippen LogP contribution < -0.4 is 10.5 Å². The predicted octanol–water partition coefficient (Wildman–Crippen LogP) is 1.43. The Balaban J connectivity index is 2.01. The molecule has 1 aromatic heterocycles. The molecular weight excluding hydrogens is 328 g/mol. The van der Waals surface area contributed by atoms with Crippen LogP contribution in [0.25, 0.3) is 0 Å². The third kappa shape index (κ3) is 2.49. The Hall–Kier alpha value is -1.90. The number of hydrogen-bond acceptors (Lipinski definition) is 6. The molecule has 2 aromatic rings. The number of nitrogen functional groups attached to an aromatic ring is 1. The number of ether oxygens (including phenoxy) is 1. The third-order valence-electron chi connectivity index (χ3n) is 3.39. The molecule has 116 valence electrons. The highest BCUT2D eigenvalue weighted by Gasteiger charge is 2.33. The lowest BCUT2D eigenvalue weighted by Crippen LogP contribution is -2.26. The lowest BCUT2D eigenvalue weighted by Gasteiger charge is -2.17. The summed E-state index contributed by atoms with van der Waals surface area (Å²) in [5, 5.41) is 0.320. The number of halogens is 1. The number of benzene rings is 1. The summed E-state index contributed by atoms with van der Waals surface area (Å²) in [4.78, 5) is 7.99. The van der Waals surface area contributed by atoms with Crippen LogP contribution in [0.2, 0.25) is 5.02 Å². The highest BCUT2D eigenvalue weighted by atomic mass is 35.5. The molecule has 0 bridgehead atoms. The van der Waals surface area contributed by atoms with Crippen molar-refractivity contribution in [1.29, 1.82) is 0 Å². The van der Waals surface area contributed by atoms with Gasteiger partial charge in [0.1, 0.15) is 10.6 Å². The quantitative estimate of drug-likeness (QED) is 0.907. The molecule has 0 radical (unpaired) electrons. The first-order valence-electron chi connectivity index (χ1n) is 6.36. The van der Waals surface area contributed by atoms with Gasteiger partial charge in [0.15, 0.2) is 0 Å². The first-order valence-corrected chi connectivity index (χ1v) is 8.17. The molecule has 1 aromatic carbocycles. The van der Waals surface area contributed by atoms with Crippen LogP contribution in [0.4, 0.5) is 5.95 Å². The molecule has 0 saturated heterocycles. The van der Waals surface area contributed by atoms with Crippen LogP contribution >= 0.6 is 11.6 Å². The minimum atomic E-state index is -3.77. The van der Waals surface area contributed by atoms with Crippen molar-refractivity contribution in [3.05, 3.63) is 40.7 Å². The van der Waals surface area contributed by atoms with E-state index in [0.717, 1.165) is 5.56 Å². The van der Waals surface area contributed by atoms with Crippen molar-refractivity contribution in [2.45, 2.75) is 18.0 Å². The van der Waals surface area contributed by atoms with Crippen molar-refractivity contribution < 1.29 is 13.2 Å². The van der Waals surface area contributed by atoms with E-state index in [-0.39, 0.29) is 29.7 Å². The molecule has 1 aliphatic heterocycles. The second-order valence-electron chi connectivity index (χ2n) is 4.77. The van der Waals surface area contributed by atoms with E-state index in [0.29, 0.717) is 10.7 Å². The molecule has 9 heteroatoms. The summed E-state index contributed by atoms with van der Waals surface area (Å²) in [7, 11) is -2.36. The number of aromatic nitrogens is 2. The molecule has 0 amide bonds. The minimum absolute atomic E-state index is 0.0243. The summed E-state index contributed by atoms with van der Waals surface area (Å²) in [6.07, 6.45) is 1.54. The molecule has 0 unspecified atom stereocenters. The van der Waals surface area contributed by atoms with Gasteiger partial charge < -0.3 is 10.5 Å². The molecule has 0 spiro atoms. The maximum absolute atomic E-state index is 12.8. The maximum atomic E-state index is 12.8. The molecule has 7 nitrogen and oxygen atoms in total. The molecule has 2 heterocycles. The van der Waals surface area contributed by atoms with Gasteiger partial charge in [-0.1, -0.05) is 11.6 Å². The number of sulfonamides is 1. The van der Waals surface area contributed by atoms with Crippen LogP contribution in [-0.4, -0.2) is 29.8 Å². The predicted molar refractivity (Wildman–Crippen MR) is 80.9 cm³/mol. The Morgan fingerprint density at radius 1 is 1.36 bits per heavy atom. The number of nitrogens with zero attached hydrogens (tertiary/aromatic N) is 3. The van der Waals surface area contributed by atoms with Crippen LogP contribution in [0.15, 0.2) is 29.3 Å². The van der Waals surface area contributed by atoms with Gasteiger partial charge in [-0.15, -0.1) is 0 Å². The van der Waals surface area contributed by atoms with Crippen LogP contribution in [0.3, 0.4) is 0 Å². The van der Waals surface area contributed by atoms with Crippen LogP contribution in [-0.2, 0) is 23.1 Å². The zero-order valence-electron chi connectivity index (χ0n) is 11.7. The van der Waals surface area contributed by atoms with Crippen molar-refractivity contribution in [3.8, 4) is 5.75 Å². The Bertz CT molecular complexity index is 841. The Kier molecular flexibility index (Phi) is 3.67. The van der Waals surface area contributed by atoms with Crippen LogP contribution in [0.5, 0.6) is 5.75 Å². The number of nitrogens with two attached hydrogens (primary N) is 1. The van der Waals surface area contributed by atoms with Gasteiger partial charge in [-0.05, 0) is 18.2 Å². The van der Waals surface area contributed by atoms with E-state index in [2.05, 4.69) is 9.97 Å². The van der Waals surface area contributed by atoms with Crippen molar-refractivity contribution >= 4 is 27.6 Å². The molecule has 0 atom stereocenters. The van der Waals surface area contributed by atoms with Crippen molar-refractivity contribution in [3.63, 3.8) is 0 Å². The lowest BCUT2D eigenvalue weighted by molar-refractivity contribution is 0.392. The molecular formula is C13H13ClN4O3S. The van der Waals surface area contributed by atoms with Gasteiger partial charge in [0.25, 0.3) is 0 Å². The van der Waals surface area contributed by atoms with E-state index in [1.54, 1.807) is 12.3 Å².